The number of aliphatic hydroxyl groups excluding tert-OH is 3. The van der Waals surface area contributed by atoms with Crippen LogP contribution in [0.3, 0.4) is 0 Å². The van der Waals surface area contributed by atoms with Crippen LogP contribution in [0.15, 0.2) is 53.1 Å². The third-order valence-corrected chi connectivity index (χ3v) is 6.40. The van der Waals surface area contributed by atoms with E-state index in [9.17, 15) is 10.2 Å². The van der Waals surface area contributed by atoms with Crippen LogP contribution in [-0.2, 0) is 18.6 Å². The molecule has 184 valence electrons. The monoisotopic (exact) mass is 553 g/mol. The van der Waals surface area contributed by atoms with E-state index in [1.807, 2.05) is 42.5 Å². The fourth-order valence-corrected chi connectivity index (χ4v) is 3.92. The Morgan fingerprint density at radius 1 is 1.03 bits per heavy atom. The number of aliphatic hydroxyl groups is 3. The molecule has 2 aromatic carbocycles. The van der Waals surface area contributed by atoms with E-state index in [1.54, 1.807) is 6.20 Å². The smallest absolute Gasteiger partial charge is 0.133 e. The van der Waals surface area contributed by atoms with E-state index in [0.717, 1.165) is 15.6 Å². The van der Waals surface area contributed by atoms with E-state index in [0.29, 0.717) is 17.2 Å². The normalized spacial score (nSPS) is 13.5. The van der Waals surface area contributed by atoms with Gasteiger partial charge in [-0.1, -0.05) is 37.3 Å². The van der Waals surface area contributed by atoms with Crippen LogP contribution in [-0.4, -0.2) is 61.6 Å². The summed E-state index contributed by atoms with van der Waals surface area (Å²) in [5.74, 6) is 1.41. The SMILES string of the molecule is CC(C)(c1ccc(OC[C@H](O)Cn2cc(CO)nn2)cc1)c1ccc(OC[C@@H](O)CCl)c(Br)c1. The second-order valence-electron chi connectivity index (χ2n) is 8.47. The topological polar surface area (TPSA) is 110 Å². The standard InChI is InChI=1S/C24H29BrClN3O5/c1-24(2,17-5-8-23(22(25)9-17)34-14-19(31)10-26)16-3-6-21(7-4-16)33-15-20(32)12-29-11-18(13-30)27-28-29/h3-9,11,19-20,30-32H,10,12-15H2,1-2H3/t19-,20+/m0/s1. The van der Waals surface area contributed by atoms with Gasteiger partial charge in [-0.3, -0.25) is 0 Å². The molecule has 3 aromatic rings. The highest BCUT2D eigenvalue weighted by atomic mass is 79.9. The fraction of sp³-hybridized carbons (Fsp3) is 0.417. The highest BCUT2D eigenvalue weighted by molar-refractivity contribution is 9.10. The van der Waals surface area contributed by atoms with Gasteiger partial charge in [-0.05, 0) is 51.3 Å². The zero-order valence-corrected chi connectivity index (χ0v) is 21.4. The summed E-state index contributed by atoms with van der Waals surface area (Å²) in [4.78, 5) is 0. The van der Waals surface area contributed by atoms with Gasteiger partial charge in [0.1, 0.15) is 42.6 Å². The molecule has 0 radical (unpaired) electrons. The van der Waals surface area contributed by atoms with Gasteiger partial charge in [0.2, 0.25) is 0 Å². The maximum absolute atomic E-state index is 10.2. The molecule has 0 aliphatic heterocycles. The molecule has 0 bridgehead atoms. The molecule has 3 rings (SSSR count). The van der Waals surface area contributed by atoms with E-state index in [2.05, 4.69) is 40.1 Å². The summed E-state index contributed by atoms with van der Waals surface area (Å²) in [5.41, 5.74) is 2.35. The first kappa shape index (κ1) is 26.4. The van der Waals surface area contributed by atoms with Crippen LogP contribution < -0.4 is 9.47 Å². The van der Waals surface area contributed by atoms with E-state index in [4.69, 9.17) is 26.2 Å². The van der Waals surface area contributed by atoms with Crippen LogP contribution in [0.2, 0.25) is 0 Å². The highest BCUT2D eigenvalue weighted by Gasteiger charge is 2.24. The molecule has 0 amide bonds. The van der Waals surface area contributed by atoms with Crippen LogP contribution in [0.25, 0.3) is 0 Å². The van der Waals surface area contributed by atoms with Gasteiger partial charge in [-0.25, -0.2) is 4.68 Å². The van der Waals surface area contributed by atoms with Gasteiger partial charge in [0.15, 0.2) is 0 Å². The molecule has 0 spiro atoms. The van der Waals surface area contributed by atoms with Crippen LogP contribution in [0.4, 0.5) is 0 Å². The number of hydrogen-bond acceptors (Lipinski definition) is 7. The molecule has 0 unspecified atom stereocenters. The quantitative estimate of drug-likeness (QED) is 0.295. The molecule has 0 saturated carbocycles. The molecule has 0 saturated heterocycles. The third kappa shape index (κ3) is 6.93. The summed E-state index contributed by atoms with van der Waals surface area (Å²) in [5, 5.41) is 36.5. The van der Waals surface area contributed by atoms with E-state index in [-0.39, 0.29) is 37.7 Å². The van der Waals surface area contributed by atoms with Gasteiger partial charge < -0.3 is 24.8 Å². The minimum Gasteiger partial charge on any atom is -0.491 e. The largest absolute Gasteiger partial charge is 0.491 e. The van der Waals surface area contributed by atoms with Crippen LogP contribution in [0.1, 0.15) is 30.7 Å². The predicted octanol–water partition coefficient (Wildman–Crippen LogP) is 3.28. The predicted molar refractivity (Wildman–Crippen MR) is 132 cm³/mol. The van der Waals surface area contributed by atoms with Gasteiger partial charge in [-0.2, -0.15) is 0 Å². The summed E-state index contributed by atoms with van der Waals surface area (Å²) in [7, 11) is 0. The Labute approximate surface area is 212 Å². The van der Waals surface area contributed by atoms with Crippen molar-refractivity contribution < 1.29 is 24.8 Å². The summed E-state index contributed by atoms with van der Waals surface area (Å²) < 4.78 is 13.6. The molecule has 34 heavy (non-hydrogen) atoms. The number of rotatable bonds is 12. The van der Waals surface area contributed by atoms with Crippen molar-refractivity contribution in [3.05, 3.63) is 70.0 Å². The first-order chi connectivity index (χ1) is 16.2. The first-order valence-corrected chi connectivity index (χ1v) is 12.1. The van der Waals surface area contributed by atoms with E-state index < -0.39 is 12.2 Å². The Hall–Kier alpha value is -2.17. The highest BCUT2D eigenvalue weighted by Crippen LogP contribution is 2.36. The lowest BCUT2D eigenvalue weighted by atomic mass is 9.78. The van der Waals surface area contributed by atoms with E-state index >= 15 is 0 Å². The van der Waals surface area contributed by atoms with Crippen molar-refractivity contribution >= 4 is 27.5 Å². The molecule has 0 aliphatic carbocycles. The molecule has 0 fully saturated rings. The summed E-state index contributed by atoms with van der Waals surface area (Å²) in [6.45, 7) is 4.52. The van der Waals surface area contributed by atoms with Crippen LogP contribution in [0.5, 0.6) is 11.5 Å². The Balaban J connectivity index is 1.59. The number of halogens is 2. The van der Waals surface area contributed by atoms with Crippen molar-refractivity contribution in [2.75, 3.05) is 19.1 Å². The minimum absolute atomic E-state index is 0.101. The number of aromatic nitrogens is 3. The molecular weight excluding hydrogens is 526 g/mol. The average molecular weight is 555 g/mol. The molecule has 1 aromatic heterocycles. The molecule has 1 heterocycles. The van der Waals surface area contributed by atoms with Crippen molar-refractivity contribution in [1.82, 2.24) is 15.0 Å². The molecular formula is C24H29BrClN3O5. The van der Waals surface area contributed by atoms with Crippen LogP contribution >= 0.6 is 27.5 Å². The van der Waals surface area contributed by atoms with Gasteiger partial charge in [0.05, 0.1) is 29.7 Å². The van der Waals surface area contributed by atoms with E-state index in [1.165, 1.54) is 4.68 Å². The van der Waals surface area contributed by atoms with Crippen molar-refractivity contribution in [2.24, 2.45) is 0 Å². The lowest BCUT2D eigenvalue weighted by Crippen LogP contribution is -2.24. The molecule has 3 N–H and O–H groups in total. The Morgan fingerprint density at radius 3 is 2.32 bits per heavy atom. The number of alkyl halides is 1. The maximum Gasteiger partial charge on any atom is 0.133 e. The van der Waals surface area contributed by atoms with Crippen LogP contribution in [0, 0.1) is 0 Å². The Kier molecular flexibility index (Phi) is 9.32. The van der Waals surface area contributed by atoms with Crippen molar-refractivity contribution in [2.45, 2.75) is 44.6 Å². The van der Waals surface area contributed by atoms with Gasteiger partial charge in [-0.15, -0.1) is 16.7 Å². The molecule has 8 nitrogen and oxygen atoms in total. The number of ether oxygens (including phenoxy) is 2. The molecule has 0 aliphatic rings. The minimum atomic E-state index is -0.770. The van der Waals surface area contributed by atoms with Gasteiger partial charge in [0.25, 0.3) is 0 Å². The van der Waals surface area contributed by atoms with Gasteiger partial charge in [0, 0.05) is 5.41 Å². The fourth-order valence-electron chi connectivity index (χ4n) is 3.33. The number of benzene rings is 2. The zero-order chi connectivity index (χ0) is 24.7. The van der Waals surface area contributed by atoms with Gasteiger partial charge >= 0.3 is 0 Å². The third-order valence-electron chi connectivity index (χ3n) is 5.43. The molecule has 10 heteroatoms. The van der Waals surface area contributed by atoms with Crippen molar-refractivity contribution in [1.29, 1.82) is 0 Å². The number of hydrogen-bond donors (Lipinski definition) is 3. The summed E-state index contributed by atoms with van der Waals surface area (Å²) in [6, 6.07) is 13.6. The molecule has 2 atom stereocenters. The lowest BCUT2D eigenvalue weighted by molar-refractivity contribution is 0.0888. The van der Waals surface area contributed by atoms with Crippen molar-refractivity contribution in [3.63, 3.8) is 0 Å². The summed E-state index contributed by atoms with van der Waals surface area (Å²) in [6.07, 6.45) is 0.0987. The average Bonchev–Trinajstić information content (AvgIpc) is 3.29. The maximum atomic E-state index is 10.2. The second kappa shape index (κ2) is 12.0. The second-order valence-corrected chi connectivity index (χ2v) is 9.63. The lowest BCUT2D eigenvalue weighted by Gasteiger charge is -2.27. The van der Waals surface area contributed by atoms with Crippen molar-refractivity contribution in [3.8, 4) is 11.5 Å². The Bertz CT molecular complexity index is 1060. The number of nitrogens with zero attached hydrogens (tertiary/aromatic N) is 3. The Morgan fingerprint density at radius 2 is 1.71 bits per heavy atom. The first-order valence-electron chi connectivity index (χ1n) is 10.8. The summed E-state index contributed by atoms with van der Waals surface area (Å²) >= 11 is 9.17. The zero-order valence-electron chi connectivity index (χ0n) is 19.1.